The van der Waals surface area contributed by atoms with E-state index in [1.165, 1.54) is 6.33 Å². The van der Waals surface area contributed by atoms with Gasteiger partial charge in [-0.05, 0) is 44.9 Å². The van der Waals surface area contributed by atoms with Gasteiger partial charge in [-0.25, -0.2) is 15.0 Å². The van der Waals surface area contributed by atoms with E-state index in [9.17, 15) is 9.59 Å². The standard InChI is InChI=1S/C21H23N7O2/c1-11-14(13(3)28-10-23-18(19(22)30)21(28)25-11)8-9-17(29)24-12(2)20-26-15-6-4-5-7-16(15)27-20/h4-7,10,12H,8-9H2,1-3H3,(H2,22,30)(H,24,29)(H,26,27)/t12-/m0/s1. The second-order valence-electron chi connectivity index (χ2n) is 7.34. The molecular weight excluding hydrogens is 382 g/mol. The zero-order valence-corrected chi connectivity index (χ0v) is 17.1. The fraction of sp³-hybridized carbons (Fsp3) is 0.286. The van der Waals surface area contributed by atoms with Crippen LogP contribution in [0.5, 0.6) is 0 Å². The van der Waals surface area contributed by atoms with Gasteiger partial charge in [-0.1, -0.05) is 12.1 Å². The molecule has 1 atom stereocenters. The Bertz CT molecular complexity index is 1240. The first kappa shape index (κ1) is 19.6. The molecule has 0 bridgehead atoms. The van der Waals surface area contributed by atoms with Gasteiger partial charge in [0, 0.05) is 17.8 Å². The van der Waals surface area contributed by atoms with Gasteiger partial charge >= 0.3 is 0 Å². The largest absolute Gasteiger partial charge is 0.364 e. The van der Waals surface area contributed by atoms with Gasteiger partial charge in [0.25, 0.3) is 5.91 Å². The monoisotopic (exact) mass is 405 g/mol. The van der Waals surface area contributed by atoms with Gasteiger partial charge in [0.15, 0.2) is 11.3 Å². The van der Waals surface area contributed by atoms with Gasteiger partial charge in [-0.15, -0.1) is 0 Å². The highest BCUT2D eigenvalue weighted by atomic mass is 16.2. The first-order valence-corrected chi connectivity index (χ1v) is 9.72. The van der Waals surface area contributed by atoms with Gasteiger partial charge < -0.3 is 16.0 Å². The Morgan fingerprint density at radius 1 is 1.23 bits per heavy atom. The summed E-state index contributed by atoms with van der Waals surface area (Å²) in [5.41, 5.74) is 10.3. The Labute approximate surface area is 172 Å². The number of hydrogen-bond acceptors (Lipinski definition) is 5. The molecule has 0 aliphatic rings. The summed E-state index contributed by atoms with van der Waals surface area (Å²) in [5.74, 6) is 0.0261. The van der Waals surface area contributed by atoms with E-state index in [0.717, 1.165) is 33.8 Å². The number of carbonyl (C=O) groups excluding carboxylic acids is 2. The molecular formula is C21H23N7O2. The van der Waals surface area contributed by atoms with Crippen molar-refractivity contribution >= 4 is 28.5 Å². The molecule has 30 heavy (non-hydrogen) atoms. The van der Waals surface area contributed by atoms with E-state index in [-0.39, 0.29) is 17.6 Å². The molecule has 0 saturated carbocycles. The van der Waals surface area contributed by atoms with Crippen molar-refractivity contribution in [1.82, 2.24) is 29.7 Å². The maximum atomic E-state index is 12.5. The summed E-state index contributed by atoms with van der Waals surface area (Å²) in [5, 5.41) is 2.99. The molecule has 4 aromatic rings. The van der Waals surface area contributed by atoms with Crippen molar-refractivity contribution in [3.8, 4) is 0 Å². The number of amides is 2. The Morgan fingerprint density at radius 3 is 2.73 bits per heavy atom. The van der Waals surface area contributed by atoms with Crippen molar-refractivity contribution in [2.24, 2.45) is 5.73 Å². The van der Waals surface area contributed by atoms with Crippen molar-refractivity contribution in [3.05, 3.63) is 59.1 Å². The molecule has 0 saturated heterocycles. The highest BCUT2D eigenvalue weighted by molar-refractivity contribution is 5.96. The van der Waals surface area contributed by atoms with E-state index in [4.69, 9.17) is 5.73 Å². The summed E-state index contributed by atoms with van der Waals surface area (Å²) in [4.78, 5) is 40.4. The van der Waals surface area contributed by atoms with Crippen LogP contribution in [0.1, 0.15) is 52.7 Å². The van der Waals surface area contributed by atoms with Gasteiger partial charge in [-0.2, -0.15) is 0 Å². The van der Waals surface area contributed by atoms with Gasteiger partial charge in [0.05, 0.1) is 17.1 Å². The highest BCUT2D eigenvalue weighted by Gasteiger charge is 2.18. The Balaban J connectivity index is 1.47. The molecule has 0 spiro atoms. The summed E-state index contributed by atoms with van der Waals surface area (Å²) >= 11 is 0. The lowest BCUT2D eigenvalue weighted by Crippen LogP contribution is -2.27. The molecule has 154 valence electrons. The second-order valence-corrected chi connectivity index (χ2v) is 7.34. The first-order chi connectivity index (χ1) is 14.3. The maximum Gasteiger partial charge on any atom is 0.271 e. The van der Waals surface area contributed by atoms with E-state index in [0.29, 0.717) is 18.5 Å². The summed E-state index contributed by atoms with van der Waals surface area (Å²) < 4.78 is 1.73. The molecule has 0 radical (unpaired) electrons. The number of nitrogens with one attached hydrogen (secondary N) is 2. The number of aromatic amines is 1. The molecule has 2 amide bonds. The van der Waals surface area contributed by atoms with Crippen molar-refractivity contribution in [2.45, 2.75) is 39.7 Å². The molecule has 0 unspecified atom stereocenters. The number of nitrogens with zero attached hydrogens (tertiary/aromatic N) is 4. The maximum absolute atomic E-state index is 12.5. The molecule has 4 rings (SSSR count). The predicted octanol–water partition coefficient (Wildman–Crippen LogP) is 2.13. The lowest BCUT2D eigenvalue weighted by molar-refractivity contribution is -0.121. The van der Waals surface area contributed by atoms with Crippen molar-refractivity contribution < 1.29 is 9.59 Å². The summed E-state index contributed by atoms with van der Waals surface area (Å²) in [7, 11) is 0. The zero-order valence-electron chi connectivity index (χ0n) is 17.1. The van der Waals surface area contributed by atoms with E-state index >= 15 is 0 Å². The van der Waals surface area contributed by atoms with Crippen LogP contribution < -0.4 is 11.1 Å². The van der Waals surface area contributed by atoms with Crippen LogP contribution in [-0.4, -0.2) is 36.2 Å². The van der Waals surface area contributed by atoms with Gasteiger partial charge in [0.2, 0.25) is 5.91 Å². The molecule has 4 N–H and O–H groups in total. The van der Waals surface area contributed by atoms with Crippen molar-refractivity contribution in [3.63, 3.8) is 0 Å². The normalized spacial score (nSPS) is 12.4. The third-order valence-corrected chi connectivity index (χ3v) is 5.28. The van der Waals surface area contributed by atoms with Crippen LogP contribution in [0, 0.1) is 13.8 Å². The second kappa shape index (κ2) is 7.58. The molecule has 1 aromatic carbocycles. The minimum absolute atomic E-state index is 0.0784. The van der Waals surface area contributed by atoms with E-state index in [2.05, 4.69) is 25.3 Å². The van der Waals surface area contributed by atoms with Crippen LogP contribution in [0.25, 0.3) is 16.7 Å². The number of rotatable bonds is 6. The Kier molecular flexibility index (Phi) is 4.94. The smallest absolute Gasteiger partial charge is 0.271 e. The lowest BCUT2D eigenvalue weighted by atomic mass is 10.1. The summed E-state index contributed by atoms with van der Waals surface area (Å²) in [6, 6.07) is 7.51. The van der Waals surface area contributed by atoms with E-state index in [1.807, 2.05) is 45.0 Å². The molecule has 0 aliphatic carbocycles. The number of para-hydroxylation sites is 2. The van der Waals surface area contributed by atoms with Gasteiger partial charge in [0.1, 0.15) is 12.2 Å². The van der Waals surface area contributed by atoms with E-state index in [1.54, 1.807) is 4.40 Å². The number of nitrogens with two attached hydrogens (primary N) is 1. The number of aromatic nitrogens is 5. The van der Waals surface area contributed by atoms with Crippen LogP contribution in [0.4, 0.5) is 0 Å². The van der Waals surface area contributed by atoms with Crippen LogP contribution in [0.2, 0.25) is 0 Å². The third-order valence-electron chi connectivity index (χ3n) is 5.28. The SMILES string of the molecule is Cc1nc2c(C(N)=O)ncn2c(C)c1CCC(=O)N[C@@H](C)c1nc2ccccc2[nH]1. The van der Waals surface area contributed by atoms with Crippen LogP contribution in [0.3, 0.4) is 0 Å². The molecule has 0 aliphatic heterocycles. The highest BCUT2D eigenvalue weighted by Crippen LogP contribution is 2.19. The quantitative estimate of drug-likeness (QED) is 0.452. The Morgan fingerprint density at radius 2 is 2.00 bits per heavy atom. The topological polar surface area (TPSA) is 131 Å². The van der Waals surface area contributed by atoms with Crippen molar-refractivity contribution in [2.75, 3.05) is 0 Å². The lowest BCUT2D eigenvalue weighted by Gasteiger charge is -2.14. The summed E-state index contributed by atoms with van der Waals surface area (Å²) in [6.07, 6.45) is 2.35. The molecule has 9 nitrogen and oxygen atoms in total. The first-order valence-electron chi connectivity index (χ1n) is 9.72. The third kappa shape index (κ3) is 3.49. The van der Waals surface area contributed by atoms with Crippen LogP contribution in [-0.2, 0) is 11.2 Å². The average molecular weight is 405 g/mol. The number of H-pyrrole nitrogens is 1. The fourth-order valence-electron chi connectivity index (χ4n) is 3.66. The zero-order chi connectivity index (χ0) is 21.4. The van der Waals surface area contributed by atoms with Crippen LogP contribution in [0.15, 0.2) is 30.6 Å². The number of imidazole rings is 2. The minimum atomic E-state index is -0.615. The predicted molar refractivity (Wildman–Crippen MR) is 112 cm³/mol. The number of hydrogen-bond donors (Lipinski definition) is 3. The number of primary amides is 1. The number of carbonyl (C=O) groups is 2. The van der Waals surface area contributed by atoms with Crippen molar-refractivity contribution in [1.29, 1.82) is 0 Å². The molecule has 3 heterocycles. The number of benzene rings is 1. The van der Waals surface area contributed by atoms with E-state index < -0.39 is 5.91 Å². The summed E-state index contributed by atoms with van der Waals surface area (Å²) in [6.45, 7) is 5.67. The van der Waals surface area contributed by atoms with Gasteiger partial charge in [-0.3, -0.25) is 14.0 Å². The average Bonchev–Trinajstić information content (AvgIpc) is 3.32. The molecule has 3 aromatic heterocycles. The number of fused-ring (bicyclic) bond motifs is 2. The van der Waals surface area contributed by atoms with Crippen LogP contribution >= 0.6 is 0 Å². The molecule has 9 heteroatoms. The Hall–Kier alpha value is -3.75. The molecule has 0 fully saturated rings. The fourth-order valence-corrected chi connectivity index (χ4v) is 3.66. The minimum Gasteiger partial charge on any atom is -0.364 e. The number of aryl methyl sites for hydroxylation is 2.